The summed E-state index contributed by atoms with van der Waals surface area (Å²) >= 11 is 0. The maximum atomic E-state index is 6.53. The Morgan fingerprint density at radius 1 is 0.879 bits per heavy atom. The molecule has 1 aliphatic carbocycles. The van der Waals surface area contributed by atoms with Crippen molar-refractivity contribution < 1.29 is 9.47 Å². The molecule has 0 aromatic heterocycles. The van der Waals surface area contributed by atoms with Gasteiger partial charge in [0.15, 0.2) is 0 Å². The highest BCUT2D eigenvalue weighted by Crippen LogP contribution is 2.33. The molecule has 3 aromatic carbocycles. The van der Waals surface area contributed by atoms with E-state index in [0.717, 1.165) is 63.9 Å². The molecule has 0 bridgehead atoms. The van der Waals surface area contributed by atoms with Gasteiger partial charge in [0.05, 0.1) is 6.10 Å². The first-order valence-corrected chi connectivity index (χ1v) is 13.0. The van der Waals surface area contributed by atoms with Gasteiger partial charge in [-0.15, -0.1) is 0 Å². The van der Waals surface area contributed by atoms with Gasteiger partial charge in [-0.25, -0.2) is 0 Å². The minimum Gasteiger partial charge on any atom is -0.490 e. The zero-order valence-corrected chi connectivity index (χ0v) is 20.3. The lowest BCUT2D eigenvalue weighted by Gasteiger charge is -2.31. The molecular weight excluding hydrogens is 422 g/mol. The molecule has 2 fully saturated rings. The van der Waals surface area contributed by atoms with Gasteiger partial charge in [-0.05, 0) is 96.7 Å². The van der Waals surface area contributed by atoms with Crippen molar-refractivity contribution in [2.45, 2.75) is 62.6 Å². The van der Waals surface area contributed by atoms with Crippen molar-refractivity contribution in [1.29, 1.82) is 0 Å². The summed E-state index contributed by atoms with van der Waals surface area (Å²) in [6, 6.07) is 22.4. The first kappa shape index (κ1) is 22.6. The van der Waals surface area contributed by atoms with Gasteiger partial charge in [-0.3, -0.25) is 0 Å². The van der Waals surface area contributed by atoms with Gasteiger partial charge in [0, 0.05) is 28.8 Å². The summed E-state index contributed by atoms with van der Waals surface area (Å²) in [5.41, 5.74) is 10.3. The van der Waals surface area contributed by atoms with E-state index in [1.54, 1.807) is 0 Å². The van der Waals surface area contributed by atoms with Crippen molar-refractivity contribution in [3.8, 4) is 5.75 Å². The van der Waals surface area contributed by atoms with E-state index < -0.39 is 0 Å². The molecule has 3 aromatic rings. The predicted octanol–water partition coefficient (Wildman–Crippen LogP) is 5.72. The smallest absolute Gasteiger partial charge is 0.127 e. The fourth-order valence-corrected chi connectivity index (χ4v) is 5.81. The third kappa shape index (κ3) is 5.51. The third-order valence-corrected chi connectivity index (χ3v) is 7.95. The van der Waals surface area contributed by atoms with Gasteiger partial charge >= 0.3 is 0 Å². The van der Waals surface area contributed by atoms with E-state index in [2.05, 4.69) is 70.9 Å². The van der Waals surface area contributed by atoms with Crippen LogP contribution in [0.25, 0.3) is 10.8 Å². The van der Waals surface area contributed by atoms with E-state index >= 15 is 0 Å². The highest BCUT2D eigenvalue weighted by atomic mass is 28.1. The molecule has 3 radical (unpaired) electrons. The molecule has 1 saturated heterocycles. The number of fused-ring (bicyclic) bond motifs is 1. The van der Waals surface area contributed by atoms with Crippen molar-refractivity contribution >= 4 is 21.0 Å². The molecule has 0 spiro atoms. The van der Waals surface area contributed by atoms with E-state index in [-0.39, 0.29) is 11.8 Å². The molecule has 2 aliphatic rings. The van der Waals surface area contributed by atoms with Crippen LogP contribution in [0, 0.1) is 5.92 Å². The van der Waals surface area contributed by atoms with E-state index in [0.29, 0.717) is 11.8 Å². The lowest BCUT2D eigenvalue weighted by molar-refractivity contribution is 0.0853. The van der Waals surface area contributed by atoms with Gasteiger partial charge in [-0.1, -0.05) is 48.5 Å². The van der Waals surface area contributed by atoms with Gasteiger partial charge in [0.25, 0.3) is 0 Å². The monoisotopic (exact) mass is 456 g/mol. The highest BCUT2D eigenvalue weighted by molar-refractivity contribution is 6.11. The Kier molecular flexibility index (Phi) is 7.15. The molecule has 33 heavy (non-hydrogen) atoms. The average Bonchev–Trinajstić information content (AvgIpc) is 2.85. The maximum absolute atomic E-state index is 6.53. The normalized spacial score (nSPS) is 22.8. The Morgan fingerprint density at radius 3 is 2.42 bits per heavy atom. The molecule has 2 N–H and O–H groups in total. The first-order valence-electron chi connectivity index (χ1n) is 12.5. The Balaban J connectivity index is 1.32. The molecule has 1 saturated carbocycles. The van der Waals surface area contributed by atoms with E-state index in [4.69, 9.17) is 15.2 Å². The lowest BCUT2D eigenvalue weighted by Crippen LogP contribution is -2.35. The van der Waals surface area contributed by atoms with Crippen LogP contribution in [-0.4, -0.2) is 35.2 Å². The van der Waals surface area contributed by atoms with Crippen LogP contribution in [-0.2, 0) is 11.2 Å². The largest absolute Gasteiger partial charge is 0.490 e. The number of benzene rings is 3. The van der Waals surface area contributed by atoms with Crippen molar-refractivity contribution in [2.75, 3.05) is 13.2 Å². The zero-order chi connectivity index (χ0) is 22.6. The lowest BCUT2D eigenvalue weighted by atomic mass is 9.87. The average molecular weight is 457 g/mol. The molecule has 171 valence electrons. The second-order valence-corrected chi connectivity index (χ2v) is 10.5. The van der Waals surface area contributed by atoms with Crippen LogP contribution < -0.4 is 10.5 Å². The number of nitrogens with two attached hydrogens (primary N) is 1. The topological polar surface area (TPSA) is 44.5 Å². The minimum absolute atomic E-state index is 0.0935. The molecule has 0 amide bonds. The summed E-state index contributed by atoms with van der Waals surface area (Å²) in [6.45, 7) is 1.76. The molecule has 4 heteroatoms. The summed E-state index contributed by atoms with van der Waals surface area (Å²) < 4.78 is 12.1. The highest BCUT2D eigenvalue weighted by Gasteiger charge is 2.25. The Hall–Kier alpha value is -2.14. The van der Waals surface area contributed by atoms with Crippen molar-refractivity contribution in [3.05, 3.63) is 77.4 Å². The molecule has 1 atom stereocenters. The fourth-order valence-electron chi connectivity index (χ4n) is 5.47. The SMILES string of the molecule is NC([Si])C1CCC(Oc2cccc3ccc(Cc4cccc(C5CCOCC5)c4)cc23)CC1. The zero-order valence-electron chi connectivity index (χ0n) is 19.3. The molecule has 1 aliphatic heterocycles. The standard InChI is InChI=1S/C29H34NO2Si/c30-29(33)24-9-11-26(12-10-24)32-28-6-2-4-23-8-7-21(19-27(23)28)17-20-3-1-5-25(18-20)22-13-15-31-16-14-22/h1-8,18-19,22,24,26,29H,9-17,30H2. The first-order chi connectivity index (χ1) is 16.2. The van der Waals surface area contributed by atoms with Crippen LogP contribution in [0.1, 0.15) is 61.1 Å². The number of ether oxygens (including phenoxy) is 2. The number of hydrogen-bond donors (Lipinski definition) is 1. The van der Waals surface area contributed by atoms with Gasteiger partial charge < -0.3 is 15.2 Å². The molecular formula is C29H34NO2Si. The summed E-state index contributed by atoms with van der Waals surface area (Å²) in [5.74, 6) is 2.19. The molecule has 1 unspecified atom stereocenters. The molecule has 1 heterocycles. The van der Waals surface area contributed by atoms with Crippen molar-refractivity contribution in [2.24, 2.45) is 11.7 Å². The van der Waals surface area contributed by atoms with Crippen LogP contribution in [0.4, 0.5) is 0 Å². The van der Waals surface area contributed by atoms with Gasteiger partial charge in [0.1, 0.15) is 5.75 Å². The Morgan fingerprint density at radius 2 is 1.64 bits per heavy atom. The van der Waals surface area contributed by atoms with Crippen LogP contribution in [0.5, 0.6) is 5.75 Å². The van der Waals surface area contributed by atoms with Gasteiger partial charge in [0.2, 0.25) is 0 Å². The Labute approximate surface area is 201 Å². The second kappa shape index (κ2) is 10.4. The number of hydrogen-bond acceptors (Lipinski definition) is 3. The summed E-state index contributed by atoms with van der Waals surface area (Å²) in [4.78, 5) is 0. The van der Waals surface area contributed by atoms with Crippen LogP contribution >= 0.6 is 0 Å². The van der Waals surface area contributed by atoms with E-state index in [1.165, 1.54) is 27.5 Å². The summed E-state index contributed by atoms with van der Waals surface area (Å²) in [5, 5.41) is 2.46. The molecule has 5 rings (SSSR count). The van der Waals surface area contributed by atoms with Crippen LogP contribution in [0.2, 0.25) is 0 Å². The van der Waals surface area contributed by atoms with Crippen LogP contribution in [0.15, 0.2) is 60.7 Å². The fraction of sp³-hybridized carbons (Fsp3) is 0.448. The van der Waals surface area contributed by atoms with Crippen LogP contribution in [0.3, 0.4) is 0 Å². The van der Waals surface area contributed by atoms with Crippen molar-refractivity contribution in [1.82, 2.24) is 0 Å². The summed E-state index contributed by atoms with van der Waals surface area (Å²) in [7, 11) is 3.60. The van der Waals surface area contributed by atoms with E-state index in [1.807, 2.05) is 0 Å². The predicted molar refractivity (Wildman–Crippen MR) is 136 cm³/mol. The second-order valence-electron chi connectivity index (χ2n) is 9.80. The molecule has 3 nitrogen and oxygen atoms in total. The summed E-state index contributed by atoms with van der Waals surface area (Å²) in [6.07, 6.45) is 7.85. The van der Waals surface area contributed by atoms with E-state index in [9.17, 15) is 0 Å². The Bertz CT molecular complexity index is 1070. The quantitative estimate of drug-likeness (QED) is 0.483. The maximum Gasteiger partial charge on any atom is 0.127 e. The number of rotatable bonds is 6. The van der Waals surface area contributed by atoms with Crippen molar-refractivity contribution in [3.63, 3.8) is 0 Å². The van der Waals surface area contributed by atoms with Gasteiger partial charge in [-0.2, -0.15) is 0 Å². The minimum atomic E-state index is 0.0935. The third-order valence-electron chi connectivity index (χ3n) is 7.48.